The summed E-state index contributed by atoms with van der Waals surface area (Å²) in [6.07, 6.45) is 10.8. The summed E-state index contributed by atoms with van der Waals surface area (Å²) >= 11 is 0. The molecule has 0 aromatic carbocycles. The molecule has 1 fully saturated rings. The van der Waals surface area contributed by atoms with E-state index >= 15 is 0 Å². The molecule has 1 aliphatic heterocycles. The van der Waals surface area contributed by atoms with Crippen molar-refractivity contribution in [3.8, 4) is 0 Å². The summed E-state index contributed by atoms with van der Waals surface area (Å²) < 4.78 is 1.77. The van der Waals surface area contributed by atoms with E-state index in [1.807, 2.05) is 36.5 Å². The van der Waals surface area contributed by atoms with E-state index < -0.39 is 0 Å². The fourth-order valence-corrected chi connectivity index (χ4v) is 2.99. The Morgan fingerprint density at radius 2 is 2.19 bits per heavy atom. The second-order valence-electron chi connectivity index (χ2n) is 5.55. The van der Waals surface area contributed by atoms with E-state index in [0.717, 1.165) is 31.4 Å². The van der Waals surface area contributed by atoms with Gasteiger partial charge in [0.1, 0.15) is 0 Å². The number of hydrogen-bond donors (Lipinski definition) is 0. The Balaban J connectivity index is 1.63. The van der Waals surface area contributed by atoms with Crippen LogP contribution in [0.3, 0.4) is 0 Å². The molecule has 3 heterocycles. The molecule has 110 valence electrons. The van der Waals surface area contributed by atoms with Crippen molar-refractivity contribution in [2.45, 2.75) is 31.7 Å². The van der Waals surface area contributed by atoms with Crippen LogP contribution < -0.4 is 0 Å². The molecule has 1 unspecified atom stereocenters. The molecule has 0 spiro atoms. The van der Waals surface area contributed by atoms with Crippen molar-refractivity contribution in [2.75, 3.05) is 6.54 Å². The van der Waals surface area contributed by atoms with E-state index in [9.17, 15) is 4.79 Å². The lowest BCUT2D eigenvalue weighted by Crippen LogP contribution is -2.30. The zero-order valence-electron chi connectivity index (χ0n) is 12.3. The van der Waals surface area contributed by atoms with Gasteiger partial charge in [-0.25, -0.2) is 0 Å². The van der Waals surface area contributed by atoms with Gasteiger partial charge in [0, 0.05) is 38.6 Å². The van der Waals surface area contributed by atoms with E-state index in [1.54, 1.807) is 17.1 Å². The van der Waals surface area contributed by atoms with E-state index in [4.69, 9.17) is 0 Å². The molecular weight excluding hydrogens is 264 g/mol. The second-order valence-corrected chi connectivity index (χ2v) is 5.55. The van der Waals surface area contributed by atoms with Crippen LogP contribution in [-0.4, -0.2) is 32.1 Å². The van der Waals surface area contributed by atoms with Crippen molar-refractivity contribution < 1.29 is 4.79 Å². The third kappa shape index (κ3) is 3.12. The SMILES string of the molecule is Cn1cc(CCC(=O)N2CCCC2c2ccncc2)cn1. The summed E-state index contributed by atoms with van der Waals surface area (Å²) in [4.78, 5) is 18.6. The minimum Gasteiger partial charge on any atom is -0.336 e. The molecule has 5 heteroatoms. The third-order valence-electron chi connectivity index (χ3n) is 4.05. The maximum Gasteiger partial charge on any atom is 0.223 e. The van der Waals surface area contributed by atoms with E-state index in [-0.39, 0.29) is 11.9 Å². The van der Waals surface area contributed by atoms with Gasteiger partial charge in [-0.05, 0) is 42.5 Å². The molecule has 1 atom stereocenters. The average Bonchev–Trinajstić information content (AvgIpc) is 3.14. The monoisotopic (exact) mass is 284 g/mol. The van der Waals surface area contributed by atoms with Crippen molar-refractivity contribution in [3.63, 3.8) is 0 Å². The molecular formula is C16H20N4O. The summed E-state index contributed by atoms with van der Waals surface area (Å²) in [5.74, 6) is 0.234. The first-order chi connectivity index (χ1) is 10.2. The summed E-state index contributed by atoms with van der Waals surface area (Å²) in [5, 5.41) is 4.14. The third-order valence-corrected chi connectivity index (χ3v) is 4.05. The zero-order valence-corrected chi connectivity index (χ0v) is 12.3. The van der Waals surface area contributed by atoms with Crippen LogP contribution >= 0.6 is 0 Å². The normalized spacial score (nSPS) is 18.1. The Morgan fingerprint density at radius 1 is 1.38 bits per heavy atom. The van der Waals surface area contributed by atoms with E-state index in [0.29, 0.717) is 6.42 Å². The highest BCUT2D eigenvalue weighted by atomic mass is 16.2. The van der Waals surface area contributed by atoms with Gasteiger partial charge in [-0.1, -0.05) is 0 Å². The number of hydrogen-bond acceptors (Lipinski definition) is 3. The maximum atomic E-state index is 12.5. The molecule has 0 saturated carbocycles. The highest BCUT2D eigenvalue weighted by molar-refractivity contribution is 5.77. The van der Waals surface area contributed by atoms with Crippen LogP contribution in [0.15, 0.2) is 36.9 Å². The molecule has 3 rings (SSSR count). The van der Waals surface area contributed by atoms with Crippen LogP contribution in [0.4, 0.5) is 0 Å². The molecule has 0 aliphatic carbocycles. The van der Waals surface area contributed by atoms with Gasteiger partial charge >= 0.3 is 0 Å². The van der Waals surface area contributed by atoms with Crippen molar-refractivity contribution in [2.24, 2.45) is 7.05 Å². The van der Waals surface area contributed by atoms with Gasteiger partial charge in [0.25, 0.3) is 0 Å². The predicted molar refractivity (Wildman–Crippen MR) is 79.5 cm³/mol. The van der Waals surface area contributed by atoms with Gasteiger partial charge in [-0.2, -0.15) is 5.10 Å². The van der Waals surface area contributed by atoms with Gasteiger partial charge in [0.15, 0.2) is 0 Å². The number of pyridine rings is 1. The predicted octanol–water partition coefficient (Wildman–Crippen LogP) is 2.11. The van der Waals surface area contributed by atoms with Crippen molar-refractivity contribution >= 4 is 5.91 Å². The standard InChI is InChI=1S/C16H20N4O/c1-19-12-13(11-18-19)4-5-16(21)20-10-2-3-15(20)14-6-8-17-9-7-14/h6-9,11-12,15H,2-5,10H2,1H3. The number of aryl methyl sites for hydroxylation is 2. The molecule has 0 radical (unpaired) electrons. The molecule has 5 nitrogen and oxygen atoms in total. The average molecular weight is 284 g/mol. The van der Waals surface area contributed by atoms with Gasteiger partial charge in [-0.15, -0.1) is 0 Å². The largest absolute Gasteiger partial charge is 0.336 e. The van der Waals surface area contributed by atoms with E-state index in [1.165, 1.54) is 5.56 Å². The smallest absolute Gasteiger partial charge is 0.223 e. The van der Waals surface area contributed by atoms with Crippen molar-refractivity contribution in [1.82, 2.24) is 19.7 Å². The van der Waals surface area contributed by atoms with Gasteiger partial charge in [0.2, 0.25) is 5.91 Å². The highest BCUT2D eigenvalue weighted by Crippen LogP contribution is 2.32. The number of carbonyl (C=O) groups excluding carboxylic acids is 1. The number of carbonyl (C=O) groups is 1. The molecule has 1 saturated heterocycles. The minimum atomic E-state index is 0.217. The summed E-state index contributed by atoms with van der Waals surface area (Å²) in [7, 11) is 1.89. The van der Waals surface area contributed by atoms with Gasteiger partial charge in [0.05, 0.1) is 12.2 Å². The lowest BCUT2D eigenvalue weighted by Gasteiger charge is -2.25. The number of amides is 1. The van der Waals surface area contributed by atoms with Crippen molar-refractivity contribution in [1.29, 1.82) is 0 Å². The van der Waals surface area contributed by atoms with Crippen LogP contribution in [0.1, 0.15) is 36.4 Å². The number of likely N-dealkylation sites (tertiary alicyclic amines) is 1. The Kier molecular flexibility index (Phi) is 3.99. The quantitative estimate of drug-likeness (QED) is 0.864. The number of nitrogens with zero attached hydrogens (tertiary/aromatic N) is 4. The Morgan fingerprint density at radius 3 is 2.90 bits per heavy atom. The van der Waals surface area contributed by atoms with Crippen LogP contribution in [-0.2, 0) is 18.3 Å². The first kappa shape index (κ1) is 13.8. The highest BCUT2D eigenvalue weighted by Gasteiger charge is 2.29. The lowest BCUT2D eigenvalue weighted by atomic mass is 10.1. The van der Waals surface area contributed by atoms with E-state index in [2.05, 4.69) is 10.1 Å². The first-order valence-electron chi connectivity index (χ1n) is 7.41. The summed E-state index contributed by atoms with van der Waals surface area (Å²) in [6.45, 7) is 0.860. The fraction of sp³-hybridized carbons (Fsp3) is 0.438. The summed E-state index contributed by atoms with van der Waals surface area (Å²) in [6, 6.07) is 4.24. The fourth-order valence-electron chi connectivity index (χ4n) is 2.99. The van der Waals surface area contributed by atoms with Crippen LogP contribution in [0, 0.1) is 0 Å². The topological polar surface area (TPSA) is 51.0 Å². The lowest BCUT2D eigenvalue weighted by molar-refractivity contribution is -0.132. The molecule has 2 aromatic rings. The molecule has 21 heavy (non-hydrogen) atoms. The second kappa shape index (κ2) is 6.08. The minimum absolute atomic E-state index is 0.217. The molecule has 0 bridgehead atoms. The Hall–Kier alpha value is -2.17. The zero-order chi connectivity index (χ0) is 14.7. The number of rotatable bonds is 4. The van der Waals surface area contributed by atoms with Crippen LogP contribution in [0.5, 0.6) is 0 Å². The number of aromatic nitrogens is 3. The van der Waals surface area contributed by atoms with Crippen LogP contribution in [0.2, 0.25) is 0 Å². The summed E-state index contributed by atoms with van der Waals surface area (Å²) in [5.41, 5.74) is 2.31. The maximum absolute atomic E-state index is 12.5. The molecule has 0 N–H and O–H groups in total. The molecule has 1 amide bonds. The Bertz CT molecular complexity index is 608. The van der Waals surface area contributed by atoms with Crippen molar-refractivity contribution in [3.05, 3.63) is 48.0 Å². The van der Waals surface area contributed by atoms with Gasteiger partial charge < -0.3 is 4.90 Å². The van der Waals surface area contributed by atoms with Crippen LogP contribution in [0.25, 0.3) is 0 Å². The van der Waals surface area contributed by atoms with Gasteiger partial charge in [-0.3, -0.25) is 14.5 Å². The molecule has 2 aromatic heterocycles. The first-order valence-corrected chi connectivity index (χ1v) is 7.41. The Labute approximate surface area is 124 Å². The molecule has 1 aliphatic rings.